The lowest BCUT2D eigenvalue weighted by atomic mass is 10.2. The first-order valence-electron chi connectivity index (χ1n) is 6.93. The molecule has 4 heteroatoms. The zero-order chi connectivity index (χ0) is 13.9. The fourth-order valence-corrected chi connectivity index (χ4v) is 2.25. The Morgan fingerprint density at radius 1 is 1.25 bits per heavy atom. The van der Waals surface area contributed by atoms with Crippen LogP contribution in [0.2, 0.25) is 0 Å². The maximum absolute atomic E-state index is 4.53. The second-order valence-corrected chi connectivity index (χ2v) is 4.89. The topological polar surface area (TPSA) is 42.7 Å². The van der Waals surface area contributed by atoms with Crippen LogP contribution in [0.1, 0.15) is 19.0 Å². The number of nitrogens with zero attached hydrogens (tertiary/aromatic N) is 3. The predicted octanol–water partition coefficient (Wildman–Crippen LogP) is 3.55. The van der Waals surface area contributed by atoms with Crippen LogP contribution in [0.4, 0.5) is 5.95 Å². The second-order valence-electron chi connectivity index (χ2n) is 4.89. The summed E-state index contributed by atoms with van der Waals surface area (Å²) in [4.78, 5) is 9.04. The maximum Gasteiger partial charge on any atom is 0.207 e. The van der Waals surface area contributed by atoms with Crippen LogP contribution < -0.4 is 5.32 Å². The molecule has 0 radical (unpaired) electrons. The number of para-hydroxylation sites is 1. The number of benzene rings is 1. The number of imidazole rings is 1. The van der Waals surface area contributed by atoms with Crippen molar-refractivity contribution in [2.75, 3.05) is 11.9 Å². The number of pyridine rings is 1. The van der Waals surface area contributed by atoms with Crippen LogP contribution in [0.25, 0.3) is 16.6 Å². The largest absolute Gasteiger partial charge is 0.355 e. The molecule has 1 aromatic carbocycles. The molecule has 0 spiro atoms. The van der Waals surface area contributed by atoms with E-state index in [1.54, 1.807) is 0 Å². The van der Waals surface area contributed by atoms with Crippen molar-refractivity contribution >= 4 is 16.9 Å². The molecule has 0 amide bonds. The summed E-state index contributed by atoms with van der Waals surface area (Å²) in [7, 11) is 0. The van der Waals surface area contributed by atoms with E-state index >= 15 is 0 Å². The Hall–Kier alpha value is -2.36. The van der Waals surface area contributed by atoms with Gasteiger partial charge in [-0.25, -0.2) is 4.98 Å². The quantitative estimate of drug-likeness (QED) is 0.785. The Bertz CT molecular complexity index is 730. The molecular weight excluding hydrogens is 248 g/mol. The van der Waals surface area contributed by atoms with Gasteiger partial charge in [0.2, 0.25) is 5.95 Å². The van der Waals surface area contributed by atoms with E-state index in [9.17, 15) is 0 Å². The maximum atomic E-state index is 4.53. The Morgan fingerprint density at radius 3 is 2.95 bits per heavy atom. The second kappa shape index (κ2) is 5.33. The number of anilines is 1. The van der Waals surface area contributed by atoms with Crippen LogP contribution >= 0.6 is 0 Å². The predicted molar refractivity (Wildman–Crippen MR) is 82.4 cm³/mol. The van der Waals surface area contributed by atoms with E-state index in [1.807, 2.05) is 37.5 Å². The number of hydrogen-bond acceptors (Lipinski definition) is 3. The molecule has 0 bridgehead atoms. The minimum absolute atomic E-state index is 0.876. The van der Waals surface area contributed by atoms with Gasteiger partial charge in [0.05, 0.1) is 23.1 Å². The van der Waals surface area contributed by atoms with Crippen LogP contribution in [-0.2, 0) is 0 Å². The zero-order valence-corrected chi connectivity index (χ0v) is 11.8. The van der Waals surface area contributed by atoms with Crippen molar-refractivity contribution in [1.29, 1.82) is 0 Å². The number of hydrogen-bond donors (Lipinski definition) is 1. The Kier molecular flexibility index (Phi) is 3.37. The molecule has 20 heavy (non-hydrogen) atoms. The summed E-state index contributed by atoms with van der Waals surface area (Å²) in [5, 5.41) is 4.49. The lowest BCUT2D eigenvalue weighted by Gasteiger charge is -2.09. The zero-order valence-electron chi connectivity index (χ0n) is 11.8. The van der Waals surface area contributed by atoms with E-state index in [4.69, 9.17) is 0 Å². The van der Waals surface area contributed by atoms with Crippen LogP contribution in [0.15, 0.2) is 42.7 Å². The van der Waals surface area contributed by atoms with Gasteiger partial charge in [-0.05, 0) is 25.5 Å². The van der Waals surface area contributed by atoms with Gasteiger partial charge in [0, 0.05) is 18.1 Å². The molecule has 2 aromatic heterocycles. The Morgan fingerprint density at radius 2 is 2.10 bits per heavy atom. The molecule has 0 aliphatic heterocycles. The van der Waals surface area contributed by atoms with Crippen molar-refractivity contribution in [1.82, 2.24) is 14.5 Å². The van der Waals surface area contributed by atoms with Crippen LogP contribution in [0.5, 0.6) is 0 Å². The molecular formula is C16H18N4. The molecule has 102 valence electrons. The smallest absolute Gasteiger partial charge is 0.207 e. The third-order valence-electron chi connectivity index (χ3n) is 3.21. The van der Waals surface area contributed by atoms with Gasteiger partial charge in [-0.15, -0.1) is 0 Å². The average molecular weight is 266 g/mol. The lowest BCUT2D eigenvalue weighted by molar-refractivity contribution is 0.935. The summed E-state index contributed by atoms with van der Waals surface area (Å²) >= 11 is 0. The van der Waals surface area contributed by atoms with Crippen molar-refractivity contribution in [3.05, 3.63) is 48.4 Å². The number of fused-ring (bicyclic) bond motifs is 1. The lowest BCUT2D eigenvalue weighted by Crippen LogP contribution is -2.06. The van der Waals surface area contributed by atoms with Crippen LogP contribution in [0, 0.1) is 6.92 Å². The molecule has 0 unspecified atom stereocenters. The molecule has 0 saturated carbocycles. The molecule has 3 rings (SSSR count). The molecule has 0 fully saturated rings. The van der Waals surface area contributed by atoms with Gasteiger partial charge in [-0.2, -0.15) is 0 Å². The fraction of sp³-hybridized carbons (Fsp3) is 0.250. The molecule has 1 N–H and O–H groups in total. The van der Waals surface area contributed by atoms with Gasteiger partial charge < -0.3 is 5.32 Å². The number of nitrogens with one attached hydrogen (secondary N) is 1. The van der Waals surface area contributed by atoms with Crippen molar-refractivity contribution in [3.63, 3.8) is 0 Å². The Labute approximate surface area is 118 Å². The minimum atomic E-state index is 0.876. The highest BCUT2D eigenvalue weighted by Crippen LogP contribution is 2.20. The van der Waals surface area contributed by atoms with Crippen LogP contribution in [-0.4, -0.2) is 21.1 Å². The van der Waals surface area contributed by atoms with E-state index in [0.717, 1.165) is 41.2 Å². The first kappa shape index (κ1) is 12.7. The third-order valence-corrected chi connectivity index (χ3v) is 3.21. The normalized spacial score (nSPS) is 10.9. The molecule has 0 aliphatic carbocycles. The van der Waals surface area contributed by atoms with Gasteiger partial charge in [0.25, 0.3) is 0 Å². The monoisotopic (exact) mass is 266 g/mol. The van der Waals surface area contributed by atoms with Gasteiger partial charge >= 0.3 is 0 Å². The van der Waals surface area contributed by atoms with E-state index in [-0.39, 0.29) is 0 Å². The molecule has 4 nitrogen and oxygen atoms in total. The van der Waals surface area contributed by atoms with E-state index < -0.39 is 0 Å². The van der Waals surface area contributed by atoms with E-state index in [0.29, 0.717) is 0 Å². The molecule has 0 saturated heterocycles. The highest BCUT2D eigenvalue weighted by Gasteiger charge is 2.08. The average Bonchev–Trinajstić information content (AvgIpc) is 2.85. The first-order valence-corrected chi connectivity index (χ1v) is 6.93. The summed E-state index contributed by atoms with van der Waals surface area (Å²) in [6, 6.07) is 10.3. The van der Waals surface area contributed by atoms with Crippen LogP contribution in [0.3, 0.4) is 0 Å². The molecule has 3 aromatic rings. The van der Waals surface area contributed by atoms with Gasteiger partial charge in [0.1, 0.15) is 0 Å². The number of aryl methyl sites for hydroxylation is 1. The van der Waals surface area contributed by atoms with Crippen molar-refractivity contribution in [2.24, 2.45) is 0 Å². The van der Waals surface area contributed by atoms with Crippen molar-refractivity contribution in [3.8, 4) is 5.69 Å². The standard InChI is InChI=1S/C16H18N4/c1-3-8-17-16-19-12(2)11-20(16)14-9-13-6-4-5-7-15(13)18-10-14/h4-7,9-11H,3,8H2,1-2H3,(H,17,19). The van der Waals surface area contributed by atoms with Crippen molar-refractivity contribution < 1.29 is 0 Å². The summed E-state index contributed by atoms with van der Waals surface area (Å²) in [6.07, 6.45) is 4.99. The highest BCUT2D eigenvalue weighted by molar-refractivity contribution is 5.80. The summed E-state index contributed by atoms with van der Waals surface area (Å²) in [6.45, 7) is 5.06. The SMILES string of the molecule is CCCNc1nc(C)cn1-c1cnc2ccccc2c1. The number of rotatable bonds is 4. The summed E-state index contributed by atoms with van der Waals surface area (Å²) in [5.41, 5.74) is 3.04. The minimum Gasteiger partial charge on any atom is -0.355 e. The summed E-state index contributed by atoms with van der Waals surface area (Å²) in [5.74, 6) is 0.876. The number of aromatic nitrogens is 3. The van der Waals surface area contributed by atoms with E-state index in [1.165, 1.54) is 0 Å². The first-order chi connectivity index (χ1) is 9.78. The molecule has 2 heterocycles. The highest BCUT2D eigenvalue weighted by atomic mass is 15.2. The molecule has 0 atom stereocenters. The fourth-order valence-electron chi connectivity index (χ4n) is 2.25. The van der Waals surface area contributed by atoms with Crippen molar-refractivity contribution in [2.45, 2.75) is 20.3 Å². The third kappa shape index (κ3) is 2.37. The van der Waals surface area contributed by atoms with Gasteiger partial charge in [-0.3, -0.25) is 9.55 Å². The van der Waals surface area contributed by atoms with E-state index in [2.05, 4.69) is 38.9 Å². The summed E-state index contributed by atoms with van der Waals surface area (Å²) < 4.78 is 2.06. The van der Waals surface area contributed by atoms with Gasteiger partial charge in [-0.1, -0.05) is 25.1 Å². The van der Waals surface area contributed by atoms with Gasteiger partial charge in [0.15, 0.2) is 0 Å². The Balaban J connectivity index is 2.05. The molecule has 0 aliphatic rings.